The third-order valence-corrected chi connectivity index (χ3v) is 4.40. The highest BCUT2D eigenvalue weighted by molar-refractivity contribution is 7.71. The minimum Gasteiger partial charge on any atom is -0.283 e. The van der Waals surface area contributed by atoms with Gasteiger partial charge in [0, 0.05) is 17.1 Å². The Bertz CT molecular complexity index is 889. The Morgan fingerprint density at radius 1 is 1.17 bits per heavy atom. The molecule has 4 nitrogen and oxygen atoms in total. The molecule has 0 aliphatic rings. The molecule has 1 aromatic heterocycles. The van der Waals surface area contributed by atoms with Gasteiger partial charge >= 0.3 is 0 Å². The van der Waals surface area contributed by atoms with Crippen molar-refractivity contribution in [2.75, 3.05) is 7.05 Å². The zero-order valence-corrected chi connectivity index (χ0v) is 15.4. The fourth-order valence-electron chi connectivity index (χ4n) is 2.44. The summed E-state index contributed by atoms with van der Waals surface area (Å²) in [5.41, 5.74) is 2.02. The van der Waals surface area contributed by atoms with E-state index in [1.165, 1.54) is 5.56 Å². The summed E-state index contributed by atoms with van der Waals surface area (Å²) in [6, 6.07) is 15.6. The predicted molar refractivity (Wildman–Crippen MR) is 101 cm³/mol. The van der Waals surface area contributed by atoms with E-state index in [0.29, 0.717) is 27.3 Å². The number of rotatable bonds is 5. The molecule has 7 heteroatoms. The maximum atomic E-state index is 6.24. The number of nitrogens with one attached hydrogen (secondary N) is 1. The molecule has 0 bridgehead atoms. The number of aromatic amines is 1. The third kappa shape index (κ3) is 4.05. The first-order chi connectivity index (χ1) is 11.5. The average molecular weight is 379 g/mol. The van der Waals surface area contributed by atoms with Gasteiger partial charge in [0.15, 0.2) is 5.82 Å². The van der Waals surface area contributed by atoms with Gasteiger partial charge in [-0.15, -0.1) is 0 Å². The first-order valence-corrected chi connectivity index (χ1v) is 8.54. The van der Waals surface area contributed by atoms with Gasteiger partial charge in [0.05, 0.1) is 11.7 Å². The van der Waals surface area contributed by atoms with Crippen molar-refractivity contribution in [1.29, 1.82) is 0 Å². The number of H-pyrrole nitrogens is 1. The number of benzene rings is 2. The highest BCUT2D eigenvalue weighted by Crippen LogP contribution is 2.28. The van der Waals surface area contributed by atoms with Gasteiger partial charge in [0.25, 0.3) is 0 Å². The molecule has 24 heavy (non-hydrogen) atoms. The number of hydrogen-bond acceptors (Lipinski definition) is 3. The molecule has 124 valence electrons. The van der Waals surface area contributed by atoms with E-state index in [2.05, 4.69) is 27.1 Å². The van der Waals surface area contributed by atoms with Gasteiger partial charge in [0.2, 0.25) is 4.77 Å². The van der Waals surface area contributed by atoms with E-state index in [0.717, 1.165) is 12.1 Å². The molecule has 1 N–H and O–H groups in total. The van der Waals surface area contributed by atoms with Crippen molar-refractivity contribution in [2.45, 2.75) is 13.2 Å². The van der Waals surface area contributed by atoms with Crippen LogP contribution in [0.4, 0.5) is 0 Å². The minimum absolute atomic E-state index is 0.482. The molecule has 0 saturated heterocycles. The van der Waals surface area contributed by atoms with E-state index in [1.807, 2.05) is 36.0 Å². The summed E-state index contributed by atoms with van der Waals surface area (Å²) >= 11 is 17.5. The molecule has 0 saturated carbocycles. The Morgan fingerprint density at radius 2 is 1.92 bits per heavy atom. The Hall–Kier alpha value is -1.66. The average Bonchev–Trinajstić information content (AvgIpc) is 2.88. The van der Waals surface area contributed by atoms with Crippen molar-refractivity contribution >= 4 is 35.4 Å². The maximum Gasteiger partial charge on any atom is 0.217 e. The first kappa shape index (κ1) is 17.2. The van der Waals surface area contributed by atoms with Crippen LogP contribution in [-0.4, -0.2) is 26.7 Å². The second-order valence-corrected chi connectivity index (χ2v) is 6.76. The van der Waals surface area contributed by atoms with E-state index < -0.39 is 0 Å². The van der Waals surface area contributed by atoms with E-state index in [9.17, 15) is 0 Å². The summed E-state index contributed by atoms with van der Waals surface area (Å²) in [6.45, 7) is 1.42. The standard InChI is InChI=1S/C17H16Cl2N4S/c1-22(10-12-5-3-2-4-6-12)11-23-17(24)20-16(21-23)14-8-7-13(18)9-15(14)19/h2-9H,10-11H2,1H3,(H,20,21,24). The molecule has 0 atom stereocenters. The number of nitrogens with zero attached hydrogens (tertiary/aromatic N) is 3. The van der Waals surface area contributed by atoms with Crippen molar-refractivity contribution in [3.05, 3.63) is 68.9 Å². The molecule has 1 heterocycles. The Kier molecular flexibility index (Phi) is 5.36. The largest absolute Gasteiger partial charge is 0.283 e. The highest BCUT2D eigenvalue weighted by Gasteiger charge is 2.10. The Labute approximate surface area is 155 Å². The smallest absolute Gasteiger partial charge is 0.217 e. The lowest BCUT2D eigenvalue weighted by Gasteiger charge is -2.16. The van der Waals surface area contributed by atoms with Gasteiger partial charge in [-0.25, -0.2) is 4.68 Å². The highest BCUT2D eigenvalue weighted by atomic mass is 35.5. The van der Waals surface area contributed by atoms with Crippen molar-refractivity contribution in [2.24, 2.45) is 0 Å². The zero-order chi connectivity index (χ0) is 17.1. The van der Waals surface area contributed by atoms with Crippen LogP contribution in [0.1, 0.15) is 5.56 Å². The molecule has 0 unspecified atom stereocenters. The summed E-state index contributed by atoms with van der Waals surface area (Å²) in [5, 5.41) is 4.33. The quantitative estimate of drug-likeness (QED) is 0.634. The van der Waals surface area contributed by atoms with Crippen LogP contribution in [0.5, 0.6) is 0 Å². The van der Waals surface area contributed by atoms with Gasteiger partial charge < -0.3 is 0 Å². The summed E-state index contributed by atoms with van der Waals surface area (Å²) in [7, 11) is 2.03. The lowest BCUT2D eigenvalue weighted by atomic mass is 10.2. The molecule has 0 spiro atoms. The minimum atomic E-state index is 0.482. The van der Waals surface area contributed by atoms with Gasteiger partial charge in [-0.05, 0) is 43.0 Å². The molecule has 0 fully saturated rings. The molecule has 3 aromatic rings. The zero-order valence-electron chi connectivity index (χ0n) is 13.0. The van der Waals surface area contributed by atoms with Gasteiger partial charge in [-0.1, -0.05) is 53.5 Å². The van der Waals surface area contributed by atoms with Crippen LogP contribution in [-0.2, 0) is 13.2 Å². The molecule has 0 aliphatic heterocycles. The summed E-state index contributed by atoms with van der Waals surface area (Å²) in [6.07, 6.45) is 0. The van der Waals surface area contributed by atoms with Crippen molar-refractivity contribution in [3.8, 4) is 11.4 Å². The van der Waals surface area contributed by atoms with E-state index in [-0.39, 0.29) is 0 Å². The first-order valence-electron chi connectivity index (χ1n) is 7.37. The van der Waals surface area contributed by atoms with E-state index in [4.69, 9.17) is 35.4 Å². The van der Waals surface area contributed by atoms with Crippen LogP contribution in [0.3, 0.4) is 0 Å². The number of halogens is 2. The Balaban J connectivity index is 1.78. The lowest BCUT2D eigenvalue weighted by molar-refractivity contribution is 0.244. The topological polar surface area (TPSA) is 36.9 Å². The molecular weight excluding hydrogens is 363 g/mol. The molecule has 2 aromatic carbocycles. The summed E-state index contributed by atoms with van der Waals surface area (Å²) in [5.74, 6) is 0.634. The van der Waals surface area contributed by atoms with Crippen LogP contribution in [0, 0.1) is 4.77 Å². The van der Waals surface area contributed by atoms with Crippen LogP contribution >= 0.6 is 35.4 Å². The van der Waals surface area contributed by atoms with E-state index in [1.54, 1.807) is 12.1 Å². The monoisotopic (exact) mass is 378 g/mol. The second-order valence-electron chi connectivity index (χ2n) is 5.55. The fourth-order valence-corrected chi connectivity index (χ4v) is 3.13. The predicted octanol–water partition coefficient (Wildman–Crippen LogP) is 5.00. The third-order valence-electron chi connectivity index (χ3n) is 3.54. The van der Waals surface area contributed by atoms with Crippen molar-refractivity contribution in [3.63, 3.8) is 0 Å². The maximum absolute atomic E-state index is 6.24. The van der Waals surface area contributed by atoms with Crippen molar-refractivity contribution < 1.29 is 0 Å². The van der Waals surface area contributed by atoms with Crippen LogP contribution < -0.4 is 0 Å². The van der Waals surface area contributed by atoms with E-state index >= 15 is 0 Å². The number of aromatic nitrogens is 3. The van der Waals surface area contributed by atoms with Crippen LogP contribution in [0.2, 0.25) is 10.0 Å². The SMILES string of the molecule is CN(Cc1ccccc1)Cn1[nH]c(-c2ccc(Cl)cc2Cl)nc1=S. The van der Waals surface area contributed by atoms with Crippen LogP contribution in [0.15, 0.2) is 48.5 Å². The molecule has 3 rings (SSSR count). The molecular formula is C17H16Cl2N4S. The van der Waals surface area contributed by atoms with Gasteiger partial charge in [0.1, 0.15) is 0 Å². The van der Waals surface area contributed by atoms with Gasteiger partial charge in [-0.2, -0.15) is 4.98 Å². The molecule has 0 aliphatic carbocycles. The Morgan fingerprint density at radius 3 is 2.62 bits per heavy atom. The number of hydrogen-bond donors (Lipinski definition) is 1. The molecule has 0 amide bonds. The summed E-state index contributed by atoms with van der Waals surface area (Å²) in [4.78, 5) is 6.55. The second kappa shape index (κ2) is 7.49. The van der Waals surface area contributed by atoms with Crippen LogP contribution in [0.25, 0.3) is 11.4 Å². The summed E-state index contributed by atoms with van der Waals surface area (Å²) < 4.78 is 2.30. The van der Waals surface area contributed by atoms with Gasteiger partial charge in [-0.3, -0.25) is 10.00 Å². The normalized spacial score (nSPS) is 11.2. The lowest BCUT2D eigenvalue weighted by Crippen LogP contribution is -2.22. The fraction of sp³-hybridized carbons (Fsp3) is 0.176. The molecule has 0 radical (unpaired) electrons. The van der Waals surface area contributed by atoms with Crippen molar-refractivity contribution in [1.82, 2.24) is 19.7 Å².